The Kier molecular flexibility index (Phi) is 8.06. The van der Waals surface area contributed by atoms with E-state index in [-0.39, 0.29) is 11.8 Å². The highest BCUT2D eigenvalue weighted by atomic mass is 32.2. The Morgan fingerprint density at radius 2 is 1.71 bits per heavy atom. The van der Waals surface area contributed by atoms with Crippen molar-refractivity contribution < 1.29 is 13.2 Å². The molecule has 0 bridgehead atoms. The molecule has 0 aliphatic carbocycles. The smallest absolute Gasteiger partial charge is 0.243 e. The molecular weight excluding hydrogens is 446 g/mol. The van der Waals surface area contributed by atoms with Gasteiger partial charge in [0, 0.05) is 38.6 Å². The first-order chi connectivity index (χ1) is 16.3. The van der Waals surface area contributed by atoms with Crippen LogP contribution in [-0.4, -0.2) is 56.3 Å². The fourth-order valence-electron chi connectivity index (χ4n) is 5.07. The van der Waals surface area contributed by atoms with Crippen molar-refractivity contribution in [3.05, 3.63) is 65.2 Å². The third-order valence-electron chi connectivity index (χ3n) is 7.36. The number of nitrogens with zero attached hydrogens (tertiary/aromatic N) is 2. The number of carbonyl (C=O) groups is 1. The summed E-state index contributed by atoms with van der Waals surface area (Å²) in [7, 11) is -3.52. The zero-order valence-electron chi connectivity index (χ0n) is 20.4. The third kappa shape index (κ3) is 6.06. The summed E-state index contributed by atoms with van der Waals surface area (Å²) in [5.74, 6) is 0.422. The number of benzene rings is 2. The molecule has 1 N–H and O–H groups in total. The number of carbonyl (C=O) groups excluding carboxylic acids is 1. The molecule has 0 spiro atoms. The maximum atomic E-state index is 13.0. The Morgan fingerprint density at radius 1 is 0.971 bits per heavy atom. The van der Waals surface area contributed by atoms with Gasteiger partial charge in [0.05, 0.1) is 4.90 Å². The standard InChI is InChI=1S/C27H37N3O3S/c1-21-10-11-26(17-22(21)2)34(32,33)30-15-12-25(13-16-30)27(31)28-18-24-9-6-14-29(20-24)19-23-7-4-3-5-8-23/h3-5,7-8,10-11,17,24-25H,6,9,12-16,18-20H2,1-2H3,(H,28,31)/t24-/m1/s1. The predicted molar refractivity (Wildman–Crippen MR) is 135 cm³/mol. The van der Waals surface area contributed by atoms with Crippen LogP contribution in [0.1, 0.15) is 42.4 Å². The zero-order chi connectivity index (χ0) is 24.1. The van der Waals surface area contributed by atoms with Crippen molar-refractivity contribution in [2.45, 2.75) is 51.0 Å². The first-order valence-corrected chi connectivity index (χ1v) is 13.9. The molecule has 4 rings (SSSR count). The second-order valence-electron chi connectivity index (χ2n) is 9.90. The van der Waals surface area contributed by atoms with Crippen LogP contribution >= 0.6 is 0 Å². The molecule has 6 nitrogen and oxygen atoms in total. The van der Waals surface area contributed by atoms with Crippen LogP contribution in [0.5, 0.6) is 0 Å². The summed E-state index contributed by atoms with van der Waals surface area (Å²) >= 11 is 0. The fourth-order valence-corrected chi connectivity index (χ4v) is 6.63. The molecule has 0 saturated carbocycles. The first-order valence-electron chi connectivity index (χ1n) is 12.4. The Labute approximate surface area is 204 Å². The van der Waals surface area contributed by atoms with Gasteiger partial charge in [-0.15, -0.1) is 0 Å². The largest absolute Gasteiger partial charge is 0.356 e. The molecule has 34 heavy (non-hydrogen) atoms. The molecular formula is C27H37N3O3S. The Bertz CT molecular complexity index is 1080. The highest BCUT2D eigenvalue weighted by Gasteiger charge is 2.32. The van der Waals surface area contributed by atoms with Crippen LogP contribution in [0.3, 0.4) is 0 Å². The summed E-state index contributed by atoms with van der Waals surface area (Å²) in [4.78, 5) is 15.7. The maximum absolute atomic E-state index is 13.0. The van der Waals surface area contributed by atoms with Gasteiger partial charge in [0.1, 0.15) is 0 Å². The number of piperidine rings is 2. The lowest BCUT2D eigenvalue weighted by Gasteiger charge is -2.34. The van der Waals surface area contributed by atoms with Crippen LogP contribution in [0, 0.1) is 25.7 Å². The van der Waals surface area contributed by atoms with Crippen LogP contribution in [0.4, 0.5) is 0 Å². The van der Waals surface area contributed by atoms with E-state index >= 15 is 0 Å². The molecule has 2 aromatic rings. The number of nitrogens with one attached hydrogen (secondary N) is 1. The molecule has 2 aliphatic heterocycles. The highest BCUT2D eigenvalue weighted by Crippen LogP contribution is 2.25. The van der Waals surface area contributed by atoms with E-state index < -0.39 is 10.0 Å². The summed E-state index contributed by atoms with van der Waals surface area (Å²) in [5.41, 5.74) is 3.38. The number of hydrogen-bond acceptors (Lipinski definition) is 4. The summed E-state index contributed by atoms with van der Waals surface area (Å²) < 4.78 is 27.6. The Morgan fingerprint density at radius 3 is 2.41 bits per heavy atom. The van der Waals surface area contributed by atoms with Gasteiger partial charge in [0.25, 0.3) is 0 Å². The molecule has 0 unspecified atom stereocenters. The number of hydrogen-bond donors (Lipinski definition) is 1. The van der Waals surface area contributed by atoms with Gasteiger partial charge in [0.15, 0.2) is 0 Å². The van der Waals surface area contributed by atoms with Gasteiger partial charge in [-0.2, -0.15) is 4.31 Å². The van der Waals surface area contributed by atoms with Gasteiger partial charge in [-0.05, 0) is 80.8 Å². The molecule has 7 heteroatoms. The van der Waals surface area contributed by atoms with Crippen LogP contribution < -0.4 is 5.32 Å². The van der Waals surface area contributed by atoms with Gasteiger partial charge in [0.2, 0.25) is 15.9 Å². The lowest BCUT2D eigenvalue weighted by Crippen LogP contribution is -2.45. The van der Waals surface area contributed by atoms with E-state index in [0.29, 0.717) is 43.3 Å². The van der Waals surface area contributed by atoms with Crippen LogP contribution in [0.15, 0.2) is 53.4 Å². The second-order valence-corrected chi connectivity index (χ2v) is 11.8. The van der Waals surface area contributed by atoms with Crippen LogP contribution in [0.25, 0.3) is 0 Å². The van der Waals surface area contributed by atoms with E-state index in [2.05, 4.69) is 34.5 Å². The number of amides is 1. The van der Waals surface area contributed by atoms with E-state index in [1.54, 1.807) is 12.1 Å². The van der Waals surface area contributed by atoms with Gasteiger partial charge < -0.3 is 5.32 Å². The summed E-state index contributed by atoms with van der Waals surface area (Å²) in [6, 6.07) is 15.8. The van der Waals surface area contributed by atoms with Crippen molar-refractivity contribution in [3.8, 4) is 0 Å². The molecule has 0 radical (unpaired) electrons. The van der Waals surface area contributed by atoms with Crippen LogP contribution in [-0.2, 0) is 21.4 Å². The molecule has 2 heterocycles. The minimum atomic E-state index is -3.52. The van der Waals surface area contributed by atoms with Crippen molar-refractivity contribution in [2.24, 2.45) is 11.8 Å². The summed E-state index contributed by atoms with van der Waals surface area (Å²) in [5, 5.41) is 3.17. The highest BCUT2D eigenvalue weighted by molar-refractivity contribution is 7.89. The zero-order valence-corrected chi connectivity index (χ0v) is 21.2. The van der Waals surface area contributed by atoms with Gasteiger partial charge in [-0.3, -0.25) is 9.69 Å². The third-order valence-corrected chi connectivity index (χ3v) is 9.25. The monoisotopic (exact) mass is 483 g/mol. The molecule has 1 atom stereocenters. The quantitative estimate of drug-likeness (QED) is 0.652. The molecule has 1 amide bonds. The van der Waals surface area contributed by atoms with Gasteiger partial charge >= 0.3 is 0 Å². The lowest BCUT2D eigenvalue weighted by atomic mass is 9.95. The minimum absolute atomic E-state index is 0.0726. The minimum Gasteiger partial charge on any atom is -0.356 e. The molecule has 2 aliphatic rings. The van der Waals surface area contributed by atoms with Crippen molar-refractivity contribution in [1.82, 2.24) is 14.5 Å². The van der Waals surface area contributed by atoms with E-state index in [1.807, 2.05) is 26.0 Å². The second kappa shape index (κ2) is 11.0. The molecule has 2 fully saturated rings. The average molecular weight is 484 g/mol. The Balaban J connectivity index is 1.24. The number of likely N-dealkylation sites (tertiary alicyclic amines) is 1. The van der Waals surface area contributed by atoms with Gasteiger partial charge in [-0.25, -0.2) is 8.42 Å². The van der Waals surface area contributed by atoms with E-state index in [9.17, 15) is 13.2 Å². The maximum Gasteiger partial charge on any atom is 0.243 e. The van der Waals surface area contributed by atoms with Gasteiger partial charge in [-0.1, -0.05) is 36.4 Å². The topological polar surface area (TPSA) is 69.7 Å². The predicted octanol–water partition coefficient (Wildman–Crippen LogP) is 3.73. The molecule has 0 aromatic heterocycles. The number of rotatable bonds is 7. The molecule has 184 valence electrons. The SMILES string of the molecule is Cc1ccc(S(=O)(=O)N2CCC(C(=O)NC[C@H]3CCCN(Cc4ccccc4)C3)CC2)cc1C. The van der Waals surface area contributed by atoms with E-state index in [0.717, 1.165) is 43.6 Å². The first kappa shape index (κ1) is 24.9. The number of sulfonamides is 1. The number of aryl methyl sites for hydroxylation is 2. The van der Waals surface area contributed by atoms with E-state index in [4.69, 9.17) is 0 Å². The van der Waals surface area contributed by atoms with Crippen molar-refractivity contribution in [3.63, 3.8) is 0 Å². The Hall–Kier alpha value is -2.22. The fraction of sp³-hybridized carbons (Fsp3) is 0.519. The van der Waals surface area contributed by atoms with Crippen LogP contribution in [0.2, 0.25) is 0 Å². The van der Waals surface area contributed by atoms with E-state index in [1.165, 1.54) is 9.87 Å². The summed E-state index contributed by atoms with van der Waals surface area (Å²) in [6.07, 6.45) is 3.43. The van der Waals surface area contributed by atoms with Crippen molar-refractivity contribution in [1.29, 1.82) is 0 Å². The molecule has 2 aromatic carbocycles. The van der Waals surface area contributed by atoms with Crippen molar-refractivity contribution in [2.75, 3.05) is 32.7 Å². The van der Waals surface area contributed by atoms with Crippen molar-refractivity contribution >= 4 is 15.9 Å². The molecule has 2 saturated heterocycles. The average Bonchev–Trinajstić information content (AvgIpc) is 2.85. The normalized spacial score (nSPS) is 20.8. The lowest BCUT2D eigenvalue weighted by molar-refractivity contribution is -0.126. The summed E-state index contributed by atoms with van der Waals surface area (Å²) in [6.45, 7) is 8.45.